The van der Waals surface area contributed by atoms with E-state index in [9.17, 15) is 4.79 Å². The molecule has 0 spiro atoms. The summed E-state index contributed by atoms with van der Waals surface area (Å²) in [6, 6.07) is 11.4. The Morgan fingerprint density at radius 3 is 2.88 bits per heavy atom. The van der Waals surface area contributed by atoms with Crippen molar-refractivity contribution in [2.45, 2.75) is 13.3 Å². The summed E-state index contributed by atoms with van der Waals surface area (Å²) in [5, 5.41) is 6.69. The zero-order chi connectivity index (χ0) is 17.2. The van der Waals surface area contributed by atoms with Crippen molar-refractivity contribution in [1.82, 2.24) is 15.3 Å². The van der Waals surface area contributed by atoms with Crippen LogP contribution in [0.4, 0.5) is 0 Å². The number of thiazole rings is 2. The average molecular weight is 369 g/mol. The number of hydrogen-bond acceptors (Lipinski definition) is 6. The summed E-state index contributed by atoms with van der Waals surface area (Å²) in [5.41, 5.74) is 1.93. The molecule has 5 nitrogen and oxygen atoms in total. The van der Waals surface area contributed by atoms with Gasteiger partial charge in [-0.2, -0.15) is 0 Å². The van der Waals surface area contributed by atoms with Crippen molar-refractivity contribution < 1.29 is 9.21 Å². The molecular weight excluding hydrogens is 354 g/mol. The Morgan fingerprint density at radius 2 is 2.08 bits per heavy atom. The summed E-state index contributed by atoms with van der Waals surface area (Å²) in [5.74, 6) is 0.685. The molecule has 1 N–H and O–H groups in total. The van der Waals surface area contributed by atoms with Gasteiger partial charge < -0.3 is 9.73 Å². The number of fused-ring (bicyclic) bond motifs is 1. The third-order valence-corrected chi connectivity index (χ3v) is 5.54. The summed E-state index contributed by atoms with van der Waals surface area (Å²) < 4.78 is 6.79. The number of carbonyl (C=O) groups excluding carboxylic acids is 1. The van der Waals surface area contributed by atoms with Gasteiger partial charge in [-0.05, 0) is 31.2 Å². The van der Waals surface area contributed by atoms with Crippen LogP contribution in [0.2, 0.25) is 0 Å². The van der Waals surface area contributed by atoms with Gasteiger partial charge in [-0.15, -0.1) is 22.7 Å². The summed E-state index contributed by atoms with van der Waals surface area (Å²) in [6.07, 6.45) is 0.710. The predicted molar refractivity (Wildman–Crippen MR) is 100 cm³/mol. The number of benzene rings is 1. The van der Waals surface area contributed by atoms with Gasteiger partial charge in [0, 0.05) is 18.3 Å². The van der Waals surface area contributed by atoms with Crippen LogP contribution in [0.15, 0.2) is 46.2 Å². The topological polar surface area (TPSA) is 68.0 Å². The molecule has 3 aromatic heterocycles. The SMILES string of the molecule is Cc1nc(CCNC(=O)c2ccc(-c3nc4ccccc4s3)o2)cs1. The molecule has 0 atom stereocenters. The zero-order valence-electron chi connectivity index (χ0n) is 13.5. The number of hydrogen-bond donors (Lipinski definition) is 1. The van der Waals surface area contributed by atoms with Crippen molar-refractivity contribution in [2.75, 3.05) is 6.54 Å². The molecule has 4 rings (SSSR count). The lowest BCUT2D eigenvalue weighted by Gasteiger charge is -2.01. The molecule has 0 saturated carbocycles. The molecule has 0 unspecified atom stereocenters. The van der Waals surface area contributed by atoms with Gasteiger partial charge >= 0.3 is 0 Å². The predicted octanol–water partition coefficient (Wildman–Crippen LogP) is 4.29. The minimum Gasteiger partial charge on any atom is -0.448 e. The molecule has 25 heavy (non-hydrogen) atoms. The molecule has 126 valence electrons. The van der Waals surface area contributed by atoms with E-state index in [1.54, 1.807) is 34.8 Å². The van der Waals surface area contributed by atoms with Crippen molar-refractivity contribution >= 4 is 38.8 Å². The van der Waals surface area contributed by atoms with Crippen LogP contribution in [0, 0.1) is 6.92 Å². The molecule has 3 heterocycles. The Bertz CT molecular complexity index is 999. The van der Waals surface area contributed by atoms with E-state index in [-0.39, 0.29) is 5.91 Å². The maximum Gasteiger partial charge on any atom is 0.287 e. The number of rotatable bonds is 5. The summed E-state index contributed by atoms with van der Waals surface area (Å²) in [4.78, 5) is 21.1. The fourth-order valence-corrected chi connectivity index (χ4v) is 4.04. The largest absolute Gasteiger partial charge is 0.448 e. The number of para-hydroxylation sites is 1. The van der Waals surface area contributed by atoms with Gasteiger partial charge in [-0.3, -0.25) is 4.79 Å². The third-order valence-electron chi connectivity index (χ3n) is 3.67. The molecule has 0 radical (unpaired) electrons. The van der Waals surface area contributed by atoms with E-state index in [1.165, 1.54) is 0 Å². The number of carbonyl (C=O) groups is 1. The highest BCUT2D eigenvalue weighted by molar-refractivity contribution is 7.21. The first-order chi connectivity index (χ1) is 12.2. The van der Waals surface area contributed by atoms with Crippen LogP contribution < -0.4 is 5.32 Å². The quantitative estimate of drug-likeness (QED) is 0.570. The van der Waals surface area contributed by atoms with Crippen molar-refractivity contribution in [3.8, 4) is 10.8 Å². The molecule has 0 aliphatic heterocycles. The van der Waals surface area contributed by atoms with E-state index >= 15 is 0 Å². The molecule has 0 fully saturated rings. The van der Waals surface area contributed by atoms with Gasteiger partial charge in [-0.25, -0.2) is 9.97 Å². The molecule has 7 heteroatoms. The van der Waals surface area contributed by atoms with Gasteiger partial charge in [0.05, 0.1) is 20.9 Å². The highest BCUT2D eigenvalue weighted by Crippen LogP contribution is 2.31. The van der Waals surface area contributed by atoms with Crippen LogP contribution in [0.5, 0.6) is 0 Å². The van der Waals surface area contributed by atoms with Gasteiger partial charge in [0.25, 0.3) is 5.91 Å². The van der Waals surface area contributed by atoms with Crippen molar-refractivity contribution in [3.63, 3.8) is 0 Å². The van der Waals surface area contributed by atoms with Crippen molar-refractivity contribution in [1.29, 1.82) is 0 Å². The molecule has 1 amide bonds. The Morgan fingerprint density at radius 1 is 1.20 bits per heavy atom. The van der Waals surface area contributed by atoms with Crippen LogP contribution in [0.1, 0.15) is 21.3 Å². The second-order valence-corrected chi connectivity index (χ2v) is 7.61. The maximum atomic E-state index is 12.2. The lowest BCUT2D eigenvalue weighted by atomic mass is 10.3. The van der Waals surface area contributed by atoms with Gasteiger partial charge in [0.2, 0.25) is 0 Å². The minimum absolute atomic E-state index is 0.223. The summed E-state index contributed by atoms with van der Waals surface area (Å²) in [6.45, 7) is 2.50. The number of amides is 1. The first-order valence-corrected chi connectivity index (χ1v) is 9.53. The van der Waals surface area contributed by atoms with Crippen LogP contribution in [0.25, 0.3) is 21.0 Å². The molecule has 1 aromatic carbocycles. The highest BCUT2D eigenvalue weighted by atomic mass is 32.1. The lowest BCUT2D eigenvalue weighted by Crippen LogP contribution is -2.25. The van der Waals surface area contributed by atoms with Crippen molar-refractivity contribution in [3.05, 3.63) is 58.2 Å². The van der Waals surface area contributed by atoms with E-state index in [0.717, 1.165) is 25.9 Å². The van der Waals surface area contributed by atoms with Crippen LogP contribution >= 0.6 is 22.7 Å². The molecule has 0 aliphatic carbocycles. The Labute approximate surface area is 152 Å². The number of nitrogens with one attached hydrogen (secondary N) is 1. The first kappa shape index (κ1) is 16.0. The fraction of sp³-hybridized carbons (Fsp3) is 0.167. The van der Waals surface area contributed by atoms with Crippen molar-refractivity contribution in [2.24, 2.45) is 0 Å². The average Bonchev–Trinajstić information content (AvgIpc) is 3.33. The Hall–Kier alpha value is -2.51. The lowest BCUT2D eigenvalue weighted by molar-refractivity contribution is 0.0927. The highest BCUT2D eigenvalue weighted by Gasteiger charge is 2.14. The van der Waals surface area contributed by atoms with Crippen LogP contribution in [0.3, 0.4) is 0 Å². The summed E-state index contributed by atoms with van der Waals surface area (Å²) in [7, 11) is 0. The van der Waals surface area contributed by atoms with Gasteiger partial charge in [0.1, 0.15) is 0 Å². The Balaban J connectivity index is 1.42. The van der Waals surface area contributed by atoms with E-state index in [4.69, 9.17) is 4.42 Å². The van der Waals surface area contributed by atoms with E-state index < -0.39 is 0 Å². The number of aryl methyl sites for hydroxylation is 1. The normalized spacial score (nSPS) is 11.1. The smallest absolute Gasteiger partial charge is 0.287 e. The van der Waals surface area contributed by atoms with Crippen LogP contribution in [-0.4, -0.2) is 22.4 Å². The monoisotopic (exact) mass is 369 g/mol. The fourth-order valence-electron chi connectivity index (χ4n) is 2.47. The second-order valence-electron chi connectivity index (χ2n) is 5.51. The number of furan rings is 1. The molecule has 4 aromatic rings. The number of nitrogens with zero attached hydrogens (tertiary/aromatic N) is 2. The second kappa shape index (κ2) is 6.78. The Kier molecular flexibility index (Phi) is 4.33. The first-order valence-electron chi connectivity index (χ1n) is 7.84. The van der Waals surface area contributed by atoms with Crippen LogP contribution in [-0.2, 0) is 6.42 Å². The van der Waals surface area contributed by atoms with E-state index in [2.05, 4.69) is 15.3 Å². The molecule has 0 aliphatic rings. The molecule has 0 bridgehead atoms. The maximum absolute atomic E-state index is 12.2. The zero-order valence-corrected chi connectivity index (χ0v) is 15.1. The molecular formula is C18H15N3O2S2. The summed E-state index contributed by atoms with van der Waals surface area (Å²) >= 11 is 3.16. The minimum atomic E-state index is -0.223. The number of aromatic nitrogens is 2. The third kappa shape index (κ3) is 3.47. The standard InChI is InChI=1S/C18H15N3O2S2/c1-11-20-12(10-24-11)8-9-19-17(22)14-6-7-15(23-14)18-21-13-4-2-3-5-16(13)25-18/h2-7,10H,8-9H2,1H3,(H,19,22). The van der Waals surface area contributed by atoms with E-state index in [0.29, 0.717) is 24.5 Å². The van der Waals surface area contributed by atoms with Gasteiger partial charge in [0.15, 0.2) is 16.5 Å². The van der Waals surface area contributed by atoms with Gasteiger partial charge in [-0.1, -0.05) is 12.1 Å². The molecule has 0 saturated heterocycles. The van der Waals surface area contributed by atoms with E-state index in [1.807, 2.05) is 36.6 Å².